The number of halogens is 2. The molecule has 1 aromatic rings. The van der Waals surface area contributed by atoms with E-state index in [0.29, 0.717) is 11.1 Å². The fourth-order valence-corrected chi connectivity index (χ4v) is 2.21. The van der Waals surface area contributed by atoms with Crippen molar-refractivity contribution < 1.29 is 4.39 Å². The van der Waals surface area contributed by atoms with E-state index in [1.165, 1.54) is 12.1 Å². The topological polar surface area (TPSA) is 12.0 Å². The highest BCUT2D eigenvalue weighted by Gasteiger charge is 2.10. The van der Waals surface area contributed by atoms with Crippen molar-refractivity contribution in [1.82, 2.24) is 5.32 Å². The summed E-state index contributed by atoms with van der Waals surface area (Å²) >= 11 is 6.03. The molecule has 1 atom stereocenters. The van der Waals surface area contributed by atoms with Gasteiger partial charge in [-0.2, -0.15) is 0 Å². The molecule has 0 spiro atoms. The number of hydrogen-bond donors (Lipinski definition) is 1. The van der Waals surface area contributed by atoms with Crippen LogP contribution in [0, 0.1) is 18.2 Å². The van der Waals surface area contributed by atoms with Gasteiger partial charge >= 0.3 is 0 Å². The van der Waals surface area contributed by atoms with Crippen LogP contribution in [0.4, 0.5) is 4.39 Å². The van der Waals surface area contributed by atoms with Crippen molar-refractivity contribution >= 4 is 11.6 Å². The average Bonchev–Trinajstić information content (AvgIpc) is 2.33. The summed E-state index contributed by atoms with van der Waals surface area (Å²) in [5.74, 6) is 2.35. The van der Waals surface area contributed by atoms with Crippen molar-refractivity contribution in [3.05, 3.63) is 34.6 Å². The summed E-state index contributed by atoms with van der Waals surface area (Å²) in [7, 11) is 0. The van der Waals surface area contributed by atoms with Gasteiger partial charge in [0.2, 0.25) is 0 Å². The van der Waals surface area contributed by atoms with Gasteiger partial charge < -0.3 is 5.32 Å². The molecule has 98 valence electrons. The van der Waals surface area contributed by atoms with Crippen LogP contribution >= 0.6 is 11.6 Å². The molecule has 1 unspecified atom stereocenters. The van der Waals surface area contributed by atoms with Gasteiger partial charge in [-0.25, -0.2) is 4.39 Å². The number of rotatable bonds is 7. The molecular formula is C15H19ClFN. The summed E-state index contributed by atoms with van der Waals surface area (Å²) in [6.07, 6.45) is 8.84. The third-order valence-electron chi connectivity index (χ3n) is 2.85. The molecule has 0 heterocycles. The lowest BCUT2D eigenvalue weighted by Gasteiger charge is -2.18. The Morgan fingerprint density at radius 1 is 1.50 bits per heavy atom. The largest absolute Gasteiger partial charge is 0.314 e. The highest BCUT2D eigenvalue weighted by Crippen LogP contribution is 2.20. The van der Waals surface area contributed by atoms with E-state index < -0.39 is 0 Å². The zero-order valence-electron chi connectivity index (χ0n) is 10.7. The van der Waals surface area contributed by atoms with Gasteiger partial charge in [-0.15, -0.1) is 12.3 Å². The smallest absolute Gasteiger partial charge is 0.124 e. The minimum absolute atomic E-state index is 0.295. The Labute approximate surface area is 114 Å². The number of terminal acetylenes is 1. The second-order valence-corrected chi connectivity index (χ2v) is 4.70. The Morgan fingerprint density at radius 2 is 2.28 bits per heavy atom. The van der Waals surface area contributed by atoms with Crippen LogP contribution in [0.3, 0.4) is 0 Å². The molecule has 0 aliphatic heterocycles. The summed E-state index contributed by atoms with van der Waals surface area (Å²) in [4.78, 5) is 0. The summed E-state index contributed by atoms with van der Waals surface area (Å²) in [5, 5.41) is 3.91. The van der Waals surface area contributed by atoms with Gasteiger partial charge in [0.05, 0.1) is 0 Å². The van der Waals surface area contributed by atoms with Crippen LogP contribution in [0.5, 0.6) is 0 Å². The van der Waals surface area contributed by atoms with Crippen LogP contribution in [-0.4, -0.2) is 12.6 Å². The van der Waals surface area contributed by atoms with E-state index in [0.717, 1.165) is 37.8 Å². The molecule has 0 saturated carbocycles. The van der Waals surface area contributed by atoms with Crippen molar-refractivity contribution in [2.24, 2.45) is 0 Å². The third-order valence-corrected chi connectivity index (χ3v) is 3.20. The lowest BCUT2D eigenvalue weighted by atomic mass is 10.0. The molecule has 0 amide bonds. The fraction of sp³-hybridized carbons (Fsp3) is 0.467. The maximum Gasteiger partial charge on any atom is 0.124 e. The first-order valence-corrected chi connectivity index (χ1v) is 6.66. The number of unbranched alkanes of at least 4 members (excludes halogenated alkanes) is 1. The molecule has 1 nitrogen and oxygen atoms in total. The molecule has 0 saturated heterocycles. The first-order valence-electron chi connectivity index (χ1n) is 6.28. The standard InChI is InChI=1S/C15H19ClFN/c1-3-5-6-7-14(18-4-2)10-12-8-9-13(17)11-15(12)16/h1,8-9,11,14,18H,4-7,10H2,2H3. The van der Waals surface area contributed by atoms with Gasteiger partial charge in [0.1, 0.15) is 5.82 Å². The van der Waals surface area contributed by atoms with Crippen LogP contribution < -0.4 is 5.32 Å². The molecule has 3 heteroatoms. The summed E-state index contributed by atoms with van der Waals surface area (Å²) in [6.45, 7) is 2.97. The van der Waals surface area contributed by atoms with E-state index in [4.69, 9.17) is 18.0 Å². The van der Waals surface area contributed by atoms with E-state index in [9.17, 15) is 4.39 Å². The average molecular weight is 268 g/mol. The number of hydrogen-bond acceptors (Lipinski definition) is 1. The van der Waals surface area contributed by atoms with Gasteiger partial charge in [-0.3, -0.25) is 0 Å². The molecule has 0 aliphatic rings. The van der Waals surface area contributed by atoms with Crippen molar-refractivity contribution in [3.63, 3.8) is 0 Å². The fourth-order valence-electron chi connectivity index (χ4n) is 1.97. The molecule has 0 radical (unpaired) electrons. The second-order valence-electron chi connectivity index (χ2n) is 4.29. The Kier molecular flexibility index (Phi) is 6.78. The van der Waals surface area contributed by atoms with Crippen molar-refractivity contribution in [3.8, 4) is 12.3 Å². The zero-order valence-corrected chi connectivity index (χ0v) is 11.4. The summed E-state index contributed by atoms with van der Waals surface area (Å²) < 4.78 is 13.0. The van der Waals surface area contributed by atoms with Gasteiger partial charge in [-0.1, -0.05) is 24.6 Å². The van der Waals surface area contributed by atoms with Crippen LogP contribution in [0.25, 0.3) is 0 Å². The first-order chi connectivity index (χ1) is 8.67. The van der Waals surface area contributed by atoms with Crippen LogP contribution in [-0.2, 0) is 6.42 Å². The molecule has 0 fully saturated rings. The third kappa shape index (κ3) is 5.08. The van der Waals surface area contributed by atoms with Crippen molar-refractivity contribution in [1.29, 1.82) is 0 Å². The van der Waals surface area contributed by atoms with Crippen LogP contribution in [0.2, 0.25) is 5.02 Å². The highest BCUT2D eigenvalue weighted by atomic mass is 35.5. The lowest BCUT2D eigenvalue weighted by Crippen LogP contribution is -2.31. The van der Waals surface area contributed by atoms with Gasteiger partial charge in [-0.05, 0) is 43.5 Å². The second kappa shape index (κ2) is 8.13. The number of nitrogens with one attached hydrogen (secondary N) is 1. The number of benzene rings is 1. The monoisotopic (exact) mass is 267 g/mol. The first kappa shape index (κ1) is 15.0. The van der Waals surface area contributed by atoms with Crippen molar-refractivity contribution in [2.75, 3.05) is 6.54 Å². The van der Waals surface area contributed by atoms with E-state index in [2.05, 4.69) is 18.2 Å². The maximum atomic E-state index is 13.0. The normalized spacial score (nSPS) is 12.1. The molecule has 1 N–H and O–H groups in total. The minimum Gasteiger partial charge on any atom is -0.314 e. The minimum atomic E-state index is -0.295. The summed E-state index contributed by atoms with van der Waals surface area (Å²) in [5.41, 5.74) is 0.977. The molecule has 0 bridgehead atoms. The number of likely N-dealkylation sites (N-methyl/N-ethyl adjacent to an activating group) is 1. The Balaban J connectivity index is 2.61. The Hall–Kier alpha value is -1.04. The highest BCUT2D eigenvalue weighted by molar-refractivity contribution is 6.31. The Bertz CT molecular complexity index is 411. The van der Waals surface area contributed by atoms with E-state index >= 15 is 0 Å². The quantitative estimate of drug-likeness (QED) is 0.585. The van der Waals surface area contributed by atoms with E-state index in [1.54, 1.807) is 6.07 Å². The van der Waals surface area contributed by atoms with Gasteiger partial charge in [0.25, 0.3) is 0 Å². The molecular weight excluding hydrogens is 249 g/mol. The lowest BCUT2D eigenvalue weighted by molar-refractivity contribution is 0.479. The molecule has 0 aliphatic carbocycles. The molecule has 0 aromatic heterocycles. The van der Waals surface area contributed by atoms with Crippen LogP contribution in [0.15, 0.2) is 18.2 Å². The zero-order chi connectivity index (χ0) is 13.4. The van der Waals surface area contributed by atoms with E-state index in [1.807, 2.05) is 0 Å². The van der Waals surface area contributed by atoms with Crippen LogP contribution in [0.1, 0.15) is 31.7 Å². The predicted octanol–water partition coefficient (Wildman–Crippen LogP) is 3.80. The predicted molar refractivity (Wildman–Crippen MR) is 75.3 cm³/mol. The molecule has 18 heavy (non-hydrogen) atoms. The maximum absolute atomic E-state index is 13.0. The molecule has 1 aromatic carbocycles. The Morgan fingerprint density at radius 3 is 2.89 bits per heavy atom. The summed E-state index contributed by atoms with van der Waals surface area (Å²) in [6, 6.07) is 4.90. The van der Waals surface area contributed by atoms with Gasteiger partial charge in [0, 0.05) is 17.5 Å². The van der Waals surface area contributed by atoms with E-state index in [-0.39, 0.29) is 5.82 Å². The molecule has 1 rings (SSSR count). The SMILES string of the molecule is C#CCCCC(Cc1ccc(F)cc1Cl)NCC. The van der Waals surface area contributed by atoms with Gasteiger partial charge in [0.15, 0.2) is 0 Å². The van der Waals surface area contributed by atoms with Crippen molar-refractivity contribution in [2.45, 2.75) is 38.6 Å².